The Hall–Kier alpha value is -4.14. The van der Waals surface area contributed by atoms with Gasteiger partial charge in [0.2, 0.25) is 0 Å². The Kier molecular flexibility index (Phi) is 8.46. The first-order chi connectivity index (χ1) is 21.7. The zero-order chi connectivity index (χ0) is 31.8. The summed E-state index contributed by atoms with van der Waals surface area (Å²) in [6.45, 7) is 18.6. The lowest BCUT2D eigenvalue weighted by Gasteiger charge is -2.40. The van der Waals surface area contributed by atoms with Crippen LogP contribution in [0, 0.1) is 6.92 Å². The fraction of sp³-hybridized carbons (Fsp3) is 0.256. The summed E-state index contributed by atoms with van der Waals surface area (Å²) >= 11 is 0. The van der Waals surface area contributed by atoms with E-state index in [4.69, 9.17) is 4.74 Å². The summed E-state index contributed by atoms with van der Waals surface area (Å²) in [5.74, 6) is 1.09. The summed E-state index contributed by atoms with van der Waals surface area (Å²) < 4.78 is 6.75. The molecule has 2 heteroatoms. The van der Waals surface area contributed by atoms with E-state index in [0.29, 0.717) is 12.1 Å². The van der Waals surface area contributed by atoms with E-state index in [0.717, 1.165) is 17.8 Å². The van der Waals surface area contributed by atoms with Crippen LogP contribution in [0.4, 0.5) is 0 Å². The van der Waals surface area contributed by atoms with Crippen molar-refractivity contribution in [1.82, 2.24) is 0 Å². The highest BCUT2D eigenvalue weighted by atomic mass is 28.3. The third-order valence-corrected chi connectivity index (χ3v) is 15.7. The standard InChI is InChI=1S/C43H46OSi/c1-8-25-44-41-39(43(5,6)7)26-30(4)27-40(41)45(9-2,10-3)42-37-28-33(31-17-13-11-14-18-31)21-23-35(37)36-24-22-34(29-38(36)42)32-19-15-12-16-20-32/h8,11-24,26-29,42H,1,9-10,25H2,2-7H3. The Labute approximate surface area is 271 Å². The Morgan fingerprint density at radius 2 is 1.20 bits per heavy atom. The number of benzene rings is 5. The lowest BCUT2D eigenvalue weighted by atomic mass is 9.85. The molecule has 0 aliphatic heterocycles. The topological polar surface area (TPSA) is 9.23 Å². The maximum absolute atomic E-state index is 6.75. The van der Waals surface area contributed by atoms with E-state index < -0.39 is 8.07 Å². The predicted molar refractivity (Wildman–Crippen MR) is 197 cm³/mol. The van der Waals surface area contributed by atoms with Crippen LogP contribution in [0.3, 0.4) is 0 Å². The number of aryl methyl sites for hydroxylation is 1. The second kappa shape index (κ2) is 12.3. The smallest absolute Gasteiger partial charge is 0.122 e. The van der Waals surface area contributed by atoms with Gasteiger partial charge < -0.3 is 4.74 Å². The molecule has 0 amide bonds. The normalized spacial score (nSPS) is 12.9. The quantitative estimate of drug-likeness (QED) is 0.120. The number of ether oxygens (including phenoxy) is 1. The van der Waals surface area contributed by atoms with Crippen LogP contribution in [0.15, 0.2) is 122 Å². The van der Waals surface area contributed by atoms with E-state index in [1.54, 1.807) is 0 Å². The third kappa shape index (κ3) is 5.51. The van der Waals surface area contributed by atoms with Crippen molar-refractivity contribution in [3.05, 3.63) is 144 Å². The minimum Gasteiger partial charge on any atom is -0.489 e. The lowest BCUT2D eigenvalue weighted by molar-refractivity contribution is 0.353. The molecule has 0 bridgehead atoms. The van der Waals surface area contributed by atoms with E-state index in [-0.39, 0.29) is 5.41 Å². The molecule has 1 aliphatic rings. The molecule has 1 nitrogen and oxygen atoms in total. The second-order valence-corrected chi connectivity index (χ2v) is 18.5. The van der Waals surface area contributed by atoms with Crippen LogP contribution in [0.25, 0.3) is 33.4 Å². The van der Waals surface area contributed by atoms with E-state index in [9.17, 15) is 0 Å². The second-order valence-electron chi connectivity index (χ2n) is 13.7. The van der Waals surface area contributed by atoms with Crippen LogP contribution in [-0.2, 0) is 5.41 Å². The van der Waals surface area contributed by atoms with Crippen molar-refractivity contribution in [2.75, 3.05) is 6.61 Å². The van der Waals surface area contributed by atoms with Gasteiger partial charge in [-0.15, -0.1) is 0 Å². The van der Waals surface area contributed by atoms with Crippen molar-refractivity contribution in [3.8, 4) is 39.1 Å². The van der Waals surface area contributed by atoms with Crippen molar-refractivity contribution in [3.63, 3.8) is 0 Å². The first-order valence-corrected chi connectivity index (χ1v) is 19.0. The maximum Gasteiger partial charge on any atom is 0.122 e. The van der Waals surface area contributed by atoms with Crippen LogP contribution in [0.2, 0.25) is 12.1 Å². The van der Waals surface area contributed by atoms with Gasteiger partial charge in [-0.2, -0.15) is 0 Å². The molecule has 0 unspecified atom stereocenters. The molecule has 0 saturated carbocycles. The fourth-order valence-corrected chi connectivity index (χ4v) is 12.9. The molecule has 0 radical (unpaired) electrons. The minimum atomic E-state index is -2.33. The van der Waals surface area contributed by atoms with E-state index in [1.807, 2.05) is 6.08 Å². The third-order valence-electron chi connectivity index (χ3n) is 9.97. The van der Waals surface area contributed by atoms with Gasteiger partial charge in [0.15, 0.2) is 0 Å². The van der Waals surface area contributed by atoms with Crippen molar-refractivity contribution >= 4 is 13.3 Å². The molecule has 0 saturated heterocycles. The van der Waals surface area contributed by atoms with Gasteiger partial charge in [-0.1, -0.05) is 174 Å². The molecule has 0 aromatic heterocycles. The summed E-state index contributed by atoms with van der Waals surface area (Å²) in [6.07, 6.45) is 1.88. The van der Waals surface area contributed by atoms with E-state index >= 15 is 0 Å². The molecule has 0 atom stereocenters. The zero-order valence-electron chi connectivity index (χ0n) is 27.8. The van der Waals surface area contributed by atoms with Gasteiger partial charge in [-0.05, 0) is 67.6 Å². The van der Waals surface area contributed by atoms with Gasteiger partial charge in [-0.25, -0.2) is 0 Å². The first kappa shape index (κ1) is 30.9. The summed E-state index contributed by atoms with van der Waals surface area (Å²) in [5.41, 5.74) is 13.7. The van der Waals surface area contributed by atoms with Crippen molar-refractivity contribution in [2.24, 2.45) is 0 Å². The largest absolute Gasteiger partial charge is 0.489 e. The average molecular weight is 607 g/mol. The molecule has 0 heterocycles. The Balaban J connectivity index is 1.67. The Morgan fingerprint density at radius 3 is 1.64 bits per heavy atom. The van der Waals surface area contributed by atoms with Crippen LogP contribution < -0.4 is 9.92 Å². The summed E-state index contributed by atoms with van der Waals surface area (Å²) in [7, 11) is -2.33. The van der Waals surface area contributed by atoms with E-state index in [2.05, 4.69) is 157 Å². The highest BCUT2D eigenvalue weighted by Gasteiger charge is 2.48. The summed E-state index contributed by atoms with van der Waals surface area (Å²) in [6, 6.07) is 43.2. The Bertz CT molecular complexity index is 1740. The van der Waals surface area contributed by atoms with Crippen molar-refractivity contribution in [1.29, 1.82) is 0 Å². The van der Waals surface area contributed by atoms with Crippen LogP contribution in [0.5, 0.6) is 5.75 Å². The predicted octanol–water partition coefficient (Wildman–Crippen LogP) is 11.2. The van der Waals surface area contributed by atoms with Gasteiger partial charge >= 0.3 is 0 Å². The van der Waals surface area contributed by atoms with Crippen LogP contribution >= 0.6 is 0 Å². The highest BCUT2D eigenvalue weighted by Crippen LogP contribution is 2.53. The van der Waals surface area contributed by atoms with Gasteiger partial charge in [0.1, 0.15) is 20.4 Å². The van der Waals surface area contributed by atoms with Crippen molar-refractivity contribution < 1.29 is 4.74 Å². The molecule has 228 valence electrons. The lowest BCUT2D eigenvalue weighted by Crippen LogP contribution is -2.53. The molecule has 5 aromatic carbocycles. The number of hydrogen-bond acceptors (Lipinski definition) is 1. The minimum absolute atomic E-state index is 0.0503. The van der Waals surface area contributed by atoms with Gasteiger partial charge in [0, 0.05) is 5.54 Å². The van der Waals surface area contributed by atoms with Crippen molar-refractivity contribution in [2.45, 2.75) is 64.6 Å². The average Bonchev–Trinajstić information content (AvgIpc) is 3.39. The van der Waals surface area contributed by atoms with Gasteiger partial charge in [-0.3, -0.25) is 0 Å². The summed E-state index contributed by atoms with van der Waals surface area (Å²) in [5, 5.41) is 1.46. The molecule has 6 rings (SSSR count). The number of rotatable bonds is 9. The molecule has 0 N–H and O–H groups in total. The molecule has 1 aliphatic carbocycles. The monoisotopic (exact) mass is 606 g/mol. The zero-order valence-corrected chi connectivity index (χ0v) is 28.8. The van der Waals surface area contributed by atoms with Gasteiger partial charge in [0.25, 0.3) is 0 Å². The molecule has 0 fully saturated rings. The molecular weight excluding hydrogens is 561 g/mol. The Morgan fingerprint density at radius 1 is 0.689 bits per heavy atom. The highest BCUT2D eigenvalue weighted by molar-refractivity contribution is 6.94. The fourth-order valence-electron chi connectivity index (χ4n) is 7.67. The maximum atomic E-state index is 6.75. The molecular formula is C43H46OSi. The van der Waals surface area contributed by atoms with Crippen LogP contribution in [-0.4, -0.2) is 14.7 Å². The SMILES string of the molecule is C=CCOc1c(C(C)(C)C)cc(C)cc1[Si](CC)(CC)C1c2cc(-c3ccccc3)ccc2-c2ccc(-c3ccccc3)cc21. The van der Waals surface area contributed by atoms with Crippen LogP contribution in [0.1, 0.15) is 62.4 Å². The molecule has 0 spiro atoms. The number of hydrogen-bond donors (Lipinski definition) is 0. The first-order valence-electron chi connectivity index (χ1n) is 16.5. The van der Waals surface area contributed by atoms with E-state index in [1.165, 1.54) is 60.8 Å². The molecule has 45 heavy (non-hydrogen) atoms. The van der Waals surface area contributed by atoms with Gasteiger partial charge in [0.05, 0.1) is 0 Å². The molecule has 5 aromatic rings. The number of fused-ring (bicyclic) bond motifs is 3. The summed E-state index contributed by atoms with van der Waals surface area (Å²) in [4.78, 5) is 0.